The first-order valence-electron chi connectivity index (χ1n) is 4.13. The van der Waals surface area contributed by atoms with Crippen LogP contribution in [-0.2, 0) is 0 Å². The van der Waals surface area contributed by atoms with Crippen molar-refractivity contribution in [3.63, 3.8) is 0 Å². The van der Waals surface area contributed by atoms with E-state index in [1.54, 1.807) is 0 Å². The molecule has 0 atom stereocenters. The molecule has 66 valence electrons. The van der Waals surface area contributed by atoms with E-state index in [1.165, 1.54) is 0 Å². The van der Waals surface area contributed by atoms with E-state index in [2.05, 4.69) is 11.9 Å². The first kappa shape index (κ1) is 8.97. The molecule has 0 aromatic carbocycles. The average Bonchev–Trinajstić information content (AvgIpc) is 2.07. The number of aliphatic hydroxyl groups is 2. The SMILES string of the molecule is CN1CCC(CO)(CO)CC1. The summed E-state index contributed by atoms with van der Waals surface area (Å²) in [5.74, 6) is 0. The third kappa shape index (κ3) is 1.92. The van der Waals surface area contributed by atoms with Crippen molar-refractivity contribution in [1.29, 1.82) is 0 Å². The van der Waals surface area contributed by atoms with Crippen LogP contribution >= 0.6 is 0 Å². The van der Waals surface area contributed by atoms with Crippen molar-refractivity contribution in [2.24, 2.45) is 5.41 Å². The molecule has 1 rings (SSSR count). The average molecular weight is 159 g/mol. The van der Waals surface area contributed by atoms with Crippen LogP contribution in [0, 0.1) is 5.41 Å². The van der Waals surface area contributed by atoms with Crippen molar-refractivity contribution in [2.75, 3.05) is 33.4 Å². The first-order valence-corrected chi connectivity index (χ1v) is 4.13. The minimum absolute atomic E-state index is 0.122. The zero-order chi connectivity index (χ0) is 8.32. The number of likely N-dealkylation sites (tertiary alicyclic amines) is 1. The van der Waals surface area contributed by atoms with Crippen molar-refractivity contribution in [2.45, 2.75) is 12.8 Å². The van der Waals surface area contributed by atoms with E-state index in [0.717, 1.165) is 25.9 Å². The number of piperidine rings is 1. The maximum Gasteiger partial charge on any atom is 0.0510 e. The van der Waals surface area contributed by atoms with E-state index >= 15 is 0 Å². The van der Waals surface area contributed by atoms with Crippen LogP contribution in [-0.4, -0.2) is 48.5 Å². The van der Waals surface area contributed by atoms with Crippen LogP contribution in [0.25, 0.3) is 0 Å². The highest BCUT2D eigenvalue weighted by Crippen LogP contribution is 2.29. The molecule has 1 heterocycles. The first-order chi connectivity index (χ1) is 5.22. The molecule has 3 nitrogen and oxygen atoms in total. The molecule has 0 bridgehead atoms. The minimum Gasteiger partial charge on any atom is -0.396 e. The molecule has 0 unspecified atom stereocenters. The molecule has 2 N–H and O–H groups in total. The van der Waals surface area contributed by atoms with Gasteiger partial charge in [0.25, 0.3) is 0 Å². The van der Waals surface area contributed by atoms with Gasteiger partial charge in [0, 0.05) is 5.41 Å². The van der Waals surface area contributed by atoms with Crippen molar-refractivity contribution in [3.8, 4) is 0 Å². The maximum atomic E-state index is 9.05. The molecule has 3 heteroatoms. The quantitative estimate of drug-likeness (QED) is 0.580. The fraction of sp³-hybridized carbons (Fsp3) is 1.00. The predicted octanol–water partition coefficient (Wildman–Crippen LogP) is -0.317. The van der Waals surface area contributed by atoms with Gasteiger partial charge in [-0.05, 0) is 33.0 Å². The van der Waals surface area contributed by atoms with E-state index in [1.807, 2.05) is 0 Å². The molecule has 1 aliphatic rings. The Morgan fingerprint density at radius 1 is 1.18 bits per heavy atom. The van der Waals surface area contributed by atoms with Gasteiger partial charge in [0.05, 0.1) is 13.2 Å². The van der Waals surface area contributed by atoms with Gasteiger partial charge < -0.3 is 15.1 Å². The van der Waals surface area contributed by atoms with Gasteiger partial charge in [-0.2, -0.15) is 0 Å². The van der Waals surface area contributed by atoms with E-state index in [9.17, 15) is 0 Å². The summed E-state index contributed by atoms with van der Waals surface area (Å²) in [6, 6.07) is 0. The lowest BCUT2D eigenvalue weighted by Gasteiger charge is -2.37. The molecule has 0 radical (unpaired) electrons. The Morgan fingerprint density at radius 2 is 1.64 bits per heavy atom. The highest BCUT2D eigenvalue weighted by atomic mass is 16.3. The molecule has 0 saturated carbocycles. The molecular formula is C8H17NO2. The number of hydrogen-bond donors (Lipinski definition) is 2. The summed E-state index contributed by atoms with van der Waals surface area (Å²) >= 11 is 0. The molecule has 1 saturated heterocycles. The lowest BCUT2D eigenvalue weighted by molar-refractivity contribution is 0.00446. The Balaban J connectivity index is 2.45. The Kier molecular flexibility index (Phi) is 2.87. The summed E-state index contributed by atoms with van der Waals surface area (Å²) in [5.41, 5.74) is -0.188. The van der Waals surface area contributed by atoms with Gasteiger partial charge in [-0.25, -0.2) is 0 Å². The largest absolute Gasteiger partial charge is 0.396 e. The van der Waals surface area contributed by atoms with Gasteiger partial charge >= 0.3 is 0 Å². The van der Waals surface area contributed by atoms with Gasteiger partial charge in [0.15, 0.2) is 0 Å². The molecule has 0 spiro atoms. The van der Waals surface area contributed by atoms with Crippen molar-refractivity contribution in [1.82, 2.24) is 4.90 Å². The molecule has 0 amide bonds. The van der Waals surface area contributed by atoms with Gasteiger partial charge in [-0.15, -0.1) is 0 Å². The molecule has 1 aliphatic heterocycles. The number of nitrogens with zero attached hydrogens (tertiary/aromatic N) is 1. The third-order valence-electron chi connectivity index (χ3n) is 2.72. The molecule has 1 fully saturated rings. The molecular weight excluding hydrogens is 142 g/mol. The Bertz CT molecular complexity index is 113. The lowest BCUT2D eigenvalue weighted by Crippen LogP contribution is -2.42. The molecule has 0 aliphatic carbocycles. The molecule has 0 aromatic heterocycles. The summed E-state index contributed by atoms with van der Waals surface area (Å²) < 4.78 is 0. The van der Waals surface area contributed by atoms with Crippen LogP contribution in [0.5, 0.6) is 0 Å². The maximum absolute atomic E-state index is 9.05. The highest BCUT2D eigenvalue weighted by Gasteiger charge is 2.32. The van der Waals surface area contributed by atoms with Crippen LogP contribution in [0.1, 0.15) is 12.8 Å². The van der Waals surface area contributed by atoms with Gasteiger partial charge in [-0.1, -0.05) is 0 Å². The summed E-state index contributed by atoms with van der Waals surface area (Å²) in [7, 11) is 2.07. The van der Waals surface area contributed by atoms with Crippen LogP contribution in [0.2, 0.25) is 0 Å². The fourth-order valence-electron chi connectivity index (χ4n) is 1.46. The topological polar surface area (TPSA) is 43.7 Å². The van der Waals surface area contributed by atoms with Gasteiger partial charge in [0.1, 0.15) is 0 Å². The number of hydrogen-bond acceptors (Lipinski definition) is 3. The Hall–Kier alpha value is -0.120. The Morgan fingerprint density at radius 3 is 2.00 bits per heavy atom. The second-order valence-electron chi connectivity index (χ2n) is 3.62. The summed E-state index contributed by atoms with van der Waals surface area (Å²) in [4.78, 5) is 2.23. The van der Waals surface area contributed by atoms with Crippen LogP contribution in [0.4, 0.5) is 0 Å². The fourth-order valence-corrected chi connectivity index (χ4v) is 1.46. The van der Waals surface area contributed by atoms with E-state index in [-0.39, 0.29) is 18.6 Å². The summed E-state index contributed by atoms with van der Waals surface area (Å²) in [5, 5.41) is 18.1. The van der Waals surface area contributed by atoms with Crippen LogP contribution in [0.15, 0.2) is 0 Å². The van der Waals surface area contributed by atoms with Gasteiger partial charge in [-0.3, -0.25) is 0 Å². The second-order valence-corrected chi connectivity index (χ2v) is 3.62. The Labute approximate surface area is 67.6 Å². The van der Waals surface area contributed by atoms with Crippen molar-refractivity contribution < 1.29 is 10.2 Å². The van der Waals surface area contributed by atoms with Crippen LogP contribution in [0.3, 0.4) is 0 Å². The monoisotopic (exact) mass is 159 g/mol. The standard InChI is InChI=1S/C8H17NO2/c1-9-4-2-8(6-10,7-11)3-5-9/h10-11H,2-7H2,1H3. The van der Waals surface area contributed by atoms with E-state index in [4.69, 9.17) is 10.2 Å². The van der Waals surface area contributed by atoms with Crippen molar-refractivity contribution in [3.05, 3.63) is 0 Å². The van der Waals surface area contributed by atoms with Crippen molar-refractivity contribution >= 4 is 0 Å². The normalized spacial score (nSPS) is 25.4. The summed E-state index contributed by atoms with van der Waals surface area (Å²) in [6.07, 6.45) is 1.83. The minimum atomic E-state index is -0.188. The number of aliphatic hydroxyl groups excluding tert-OH is 2. The third-order valence-corrected chi connectivity index (χ3v) is 2.72. The van der Waals surface area contributed by atoms with E-state index in [0.29, 0.717) is 0 Å². The zero-order valence-corrected chi connectivity index (χ0v) is 7.08. The van der Waals surface area contributed by atoms with E-state index < -0.39 is 0 Å². The predicted molar refractivity (Wildman–Crippen MR) is 43.3 cm³/mol. The molecule has 11 heavy (non-hydrogen) atoms. The second kappa shape index (κ2) is 3.52. The lowest BCUT2D eigenvalue weighted by atomic mass is 9.80. The highest BCUT2D eigenvalue weighted by molar-refractivity contribution is 4.83. The zero-order valence-electron chi connectivity index (χ0n) is 7.08. The molecule has 0 aromatic rings. The van der Waals surface area contributed by atoms with Gasteiger partial charge in [0.2, 0.25) is 0 Å². The number of rotatable bonds is 2. The smallest absolute Gasteiger partial charge is 0.0510 e. The van der Waals surface area contributed by atoms with Crippen LogP contribution < -0.4 is 0 Å². The summed E-state index contributed by atoms with van der Waals surface area (Å²) in [6.45, 7) is 2.22.